The van der Waals surface area contributed by atoms with Crippen LogP contribution in [0.4, 0.5) is 0 Å². The molecule has 0 aliphatic rings. The summed E-state index contributed by atoms with van der Waals surface area (Å²) in [6.07, 6.45) is 4.89. The van der Waals surface area contributed by atoms with Crippen molar-refractivity contribution < 1.29 is 9.90 Å². The molecule has 72 valence electrons. The van der Waals surface area contributed by atoms with Crippen molar-refractivity contribution in [3.05, 3.63) is 0 Å². The Hall–Kier alpha value is -0.570. The summed E-state index contributed by atoms with van der Waals surface area (Å²) in [5, 5.41) is 8.67. The van der Waals surface area contributed by atoms with Crippen molar-refractivity contribution in [2.75, 3.05) is 0 Å². The van der Waals surface area contributed by atoms with Crippen molar-refractivity contribution in [3.63, 3.8) is 0 Å². The number of unbranched alkanes of at least 4 members (excludes halogenated alkanes) is 3. The topological polar surface area (TPSA) is 63.3 Å². The molecule has 0 fully saturated rings. The zero-order valence-corrected chi connectivity index (χ0v) is 7.97. The summed E-state index contributed by atoms with van der Waals surface area (Å²) in [6, 6.07) is 0. The van der Waals surface area contributed by atoms with E-state index >= 15 is 0 Å². The molecule has 0 aliphatic carbocycles. The fraction of sp³-hybridized carbons (Fsp3) is 0.889. The monoisotopic (exact) mass is 173 g/mol. The van der Waals surface area contributed by atoms with E-state index in [4.69, 9.17) is 10.8 Å². The standard InChI is InChI=1S/C9H19NO2/c1-3-4-5-6-7-9(2,10)8(11)12/h3-7,10H2,1-2H3,(H,11,12). The Morgan fingerprint density at radius 1 is 1.42 bits per heavy atom. The van der Waals surface area contributed by atoms with Gasteiger partial charge in [-0.2, -0.15) is 0 Å². The number of carboxylic acid groups (broad SMARTS) is 1. The van der Waals surface area contributed by atoms with Gasteiger partial charge in [-0.15, -0.1) is 0 Å². The SMILES string of the molecule is CCCCCCC(C)(N)C(=O)O. The highest BCUT2D eigenvalue weighted by Gasteiger charge is 2.26. The van der Waals surface area contributed by atoms with E-state index in [0.29, 0.717) is 6.42 Å². The Morgan fingerprint density at radius 3 is 2.42 bits per heavy atom. The predicted octanol–water partition coefficient (Wildman–Crippen LogP) is 1.76. The van der Waals surface area contributed by atoms with Gasteiger partial charge in [-0.1, -0.05) is 32.6 Å². The minimum absolute atomic E-state index is 0.572. The molecular weight excluding hydrogens is 154 g/mol. The first-order valence-electron chi connectivity index (χ1n) is 4.53. The molecule has 0 aromatic carbocycles. The fourth-order valence-electron chi connectivity index (χ4n) is 1.03. The third-order valence-electron chi connectivity index (χ3n) is 2.04. The highest BCUT2D eigenvalue weighted by Crippen LogP contribution is 2.12. The molecule has 0 aromatic heterocycles. The van der Waals surface area contributed by atoms with Crippen LogP contribution in [0, 0.1) is 0 Å². The second kappa shape index (κ2) is 5.14. The van der Waals surface area contributed by atoms with Crippen LogP contribution in [0.1, 0.15) is 46.0 Å². The van der Waals surface area contributed by atoms with Crippen molar-refractivity contribution in [2.24, 2.45) is 5.73 Å². The Bertz CT molecular complexity index is 143. The van der Waals surface area contributed by atoms with Crippen LogP contribution in [0.15, 0.2) is 0 Å². The first kappa shape index (κ1) is 11.4. The highest BCUT2D eigenvalue weighted by molar-refractivity contribution is 5.77. The molecule has 0 amide bonds. The molecule has 0 spiro atoms. The summed E-state index contributed by atoms with van der Waals surface area (Å²) in [6.45, 7) is 3.69. The van der Waals surface area contributed by atoms with Gasteiger partial charge in [0, 0.05) is 0 Å². The molecule has 12 heavy (non-hydrogen) atoms. The van der Waals surface area contributed by atoms with E-state index in [1.54, 1.807) is 6.92 Å². The number of hydrogen-bond donors (Lipinski definition) is 2. The van der Waals surface area contributed by atoms with E-state index in [0.717, 1.165) is 25.7 Å². The smallest absolute Gasteiger partial charge is 0.323 e. The van der Waals surface area contributed by atoms with Gasteiger partial charge in [0.25, 0.3) is 0 Å². The summed E-state index contributed by atoms with van der Waals surface area (Å²) in [7, 11) is 0. The van der Waals surface area contributed by atoms with E-state index in [2.05, 4.69) is 6.92 Å². The molecule has 3 N–H and O–H groups in total. The second-order valence-corrected chi connectivity index (χ2v) is 3.53. The van der Waals surface area contributed by atoms with Crippen molar-refractivity contribution >= 4 is 5.97 Å². The number of rotatable bonds is 6. The first-order chi connectivity index (χ1) is 5.50. The van der Waals surface area contributed by atoms with Gasteiger partial charge in [0.1, 0.15) is 5.54 Å². The van der Waals surface area contributed by atoms with Gasteiger partial charge < -0.3 is 10.8 Å². The molecule has 0 aliphatic heterocycles. The molecule has 0 radical (unpaired) electrons. The van der Waals surface area contributed by atoms with Gasteiger partial charge in [0.05, 0.1) is 0 Å². The Kier molecular flexibility index (Phi) is 4.90. The highest BCUT2D eigenvalue weighted by atomic mass is 16.4. The average molecular weight is 173 g/mol. The van der Waals surface area contributed by atoms with Gasteiger partial charge in [-0.25, -0.2) is 0 Å². The largest absolute Gasteiger partial charge is 0.480 e. The van der Waals surface area contributed by atoms with E-state index in [1.807, 2.05) is 0 Å². The van der Waals surface area contributed by atoms with Crippen LogP contribution in [0.2, 0.25) is 0 Å². The summed E-state index contributed by atoms with van der Waals surface area (Å²) in [5.41, 5.74) is 4.51. The van der Waals surface area contributed by atoms with Crippen LogP contribution >= 0.6 is 0 Å². The van der Waals surface area contributed by atoms with E-state index in [-0.39, 0.29) is 0 Å². The molecule has 0 bridgehead atoms. The van der Waals surface area contributed by atoms with E-state index in [1.165, 1.54) is 0 Å². The Labute approximate surface area is 74.0 Å². The fourth-order valence-corrected chi connectivity index (χ4v) is 1.03. The van der Waals surface area contributed by atoms with Gasteiger partial charge >= 0.3 is 5.97 Å². The van der Waals surface area contributed by atoms with Crippen molar-refractivity contribution in [1.29, 1.82) is 0 Å². The van der Waals surface area contributed by atoms with Crippen molar-refractivity contribution in [1.82, 2.24) is 0 Å². The van der Waals surface area contributed by atoms with Gasteiger partial charge in [0.15, 0.2) is 0 Å². The van der Waals surface area contributed by atoms with Crippen molar-refractivity contribution in [2.45, 2.75) is 51.5 Å². The summed E-state index contributed by atoms with van der Waals surface area (Å²) in [4.78, 5) is 10.6. The van der Waals surface area contributed by atoms with Crippen LogP contribution in [0.5, 0.6) is 0 Å². The molecule has 3 heteroatoms. The maximum Gasteiger partial charge on any atom is 0.323 e. The predicted molar refractivity (Wildman–Crippen MR) is 49.0 cm³/mol. The van der Waals surface area contributed by atoms with Gasteiger partial charge in [-0.05, 0) is 13.3 Å². The summed E-state index contributed by atoms with van der Waals surface area (Å²) in [5.74, 6) is -0.904. The van der Waals surface area contributed by atoms with Crippen molar-refractivity contribution in [3.8, 4) is 0 Å². The van der Waals surface area contributed by atoms with Gasteiger partial charge in [0.2, 0.25) is 0 Å². The molecule has 0 saturated carbocycles. The Morgan fingerprint density at radius 2 is 2.00 bits per heavy atom. The molecule has 0 saturated heterocycles. The number of carbonyl (C=O) groups is 1. The summed E-state index contributed by atoms with van der Waals surface area (Å²) < 4.78 is 0. The molecule has 3 nitrogen and oxygen atoms in total. The van der Waals surface area contributed by atoms with Gasteiger partial charge in [-0.3, -0.25) is 4.79 Å². The third-order valence-corrected chi connectivity index (χ3v) is 2.04. The number of aliphatic carboxylic acids is 1. The molecule has 1 unspecified atom stereocenters. The summed E-state index contributed by atoms with van der Waals surface area (Å²) >= 11 is 0. The first-order valence-corrected chi connectivity index (χ1v) is 4.53. The third kappa shape index (κ3) is 4.34. The lowest BCUT2D eigenvalue weighted by Gasteiger charge is -2.18. The lowest BCUT2D eigenvalue weighted by atomic mass is 9.96. The molecule has 0 rings (SSSR count). The Balaban J connectivity index is 3.54. The lowest BCUT2D eigenvalue weighted by molar-refractivity contribution is -0.142. The second-order valence-electron chi connectivity index (χ2n) is 3.53. The molecular formula is C9H19NO2. The van der Waals surface area contributed by atoms with Crippen LogP contribution < -0.4 is 5.73 Å². The zero-order valence-electron chi connectivity index (χ0n) is 7.97. The lowest BCUT2D eigenvalue weighted by Crippen LogP contribution is -2.44. The normalized spacial score (nSPS) is 15.6. The molecule has 0 aromatic rings. The minimum atomic E-state index is -1.03. The van der Waals surface area contributed by atoms with Crippen LogP contribution in [0.25, 0.3) is 0 Å². The maximum atomic E-state index is 10.6. The van der Waals surface area contributed by atoms with Crippen LogP contribution in [-0.4, -0.2) is 16.6 Å². The van der Waals surface area contributed by atoms with Crippen LogP contribution in [-0.2, 0) is 4.79 Å². The molecule has 0 heterocycles. The minimum Gasteiger partial charge on any atom is -0.480 e. The zero-order chi connectivity index (χ0) is 9.61. The number of hydrogen-bond acceptors (Lipinski definition) is 2. The quantitative estimate of drug-likeness (QED) is 0.601. The molecule has 1 atom stereocenters. The van der Waals surface area contributed by atoms with Crippen LogP contribution in [0.3, 0.4) is 0 Å². The maximum absolute atomic E-state index is 10.6. The van der Waals surface area contributed by atoms with E-state index in [9.17, 15) is 4.79 Å². The van der Waals surface area contributed by atoms with E-state index < -0.39 is 11.5 Å². The number of nitrogens with two attached hydrogens (primary N) is 1. The average Bonchev–Trinajstić information content (AvgIpc) is 1.98. The number of carboxylic acids is 1.